The third-order valence-corrected chi connectivity index (χ3v) is 4.10. The van der Waals surface area contributed by atoms with Crippen LogP contribution in [-0.4, -0.2) is 67.1 Å². The van der Waals surface area contributed by atoms with Gasteiger partial charge in [-0.15, -0.1) is 0 Å². The summed E-state index contributed by atoms with van der Waals surface area (Å²) in [7, 11) is 1.60. The maximum Gasteiger partial charge on any atom is 0.317 e. The largest absolute Gasteiger partial charge is 0.481 e. The van der Waals surface area contributed by atoms with Gasteiger partial charge in [0.2, 0.25) is 0 Å². The summed E-state index contributed by atoms with van der Waals surface area (Å²) in [4.78, 5) is 24.6. The summed E-state index contributed by atoms with van der Waals surface area (Å²) >= 11 is 0. The molecule has 0 aromatic carbocycles. The highest BCUT2D eigenvalue weighted by Crippen LogP contribution is 2.24. The molecular formula is C13H22N2O5. The lowest BCUT2D eigenvalue weighted by Crippen LogP contribution is -2.51. The van der Waals surface area contributed by atoms with Gasteiger partial charge in [-0.1, -0.05) is 0 Å². The van der Waals surface area contributed by atoms with Crippen molar-refractivity contribution in [2.24, 2.45) is 5.92 Å². The third kappa shape index (κ3) is 3.21. The highest BCUT2D eigenvalue weighted by molar-refractivity contribution is 5.77. The number of carbonyl (C=O) groups is 2. The van der Waals surface area contributed by atoms with Gasteiger partial charge < -0.3 is 24.8 Å². The Kier molecular flexibility index (Phi) is 4.49. The molecule has 0 aromatic heterocycles. The van der Waals surface area contributed by atoms with Gasteiger partial charge in [-0.3, -0.25) is 4.79 Å². The van der Waals surface area contributed by atoms with E-state index in [9.17, 15) is 9.59 Å². The molecule has 20 heavy (non-hydrogen) atoms. The number of hydrogen-bond acceptors (Lipinski definition) is 4. The number of aliphatic carboxylic acids is 1. The molecule has 7 heteroatoms. The van der Waals surface area contributed by atoms with E-state index in [0.29, 0.717) is 6.54 Å². The van der Waals surface area contributed by atoms with Crippen LogP contribution >= 0.6 is 0 Å². The molecule has 2 fully saturated rings. The van der Waals surface area contributed by atoms with Gasteiger partial charge in [-0.25, -0.2) is 4.79 Å². The first-order chi connectivity index (χ1) is 9.43. The number of nitrogens with one attached hydrogen (secondary N) is 1. The van der Waals surface area contributed by atoms with E-state index in [2.05, 4.69) is 5.32 Å². The van der Waals surface area contributed by atoms with Crippen LogP contribution in [0.3, 0.4) is 0 Å². The number of rotatable bonds is 4. The number of hydrogen-bond donors (Lipinski definition) is 2. The second-order valence-corrected chi connectivity index (χ2v) is 5.72. The van der Waals surface area contributed by atoms with E-state index in [-0.39, 0.29) is 24.8 Å². The van der Waals surface area contributed by atoms with Crippen LogP contribution in [0.5, 0.6) is 0 Å². The second-order valence-electron chi connectivity index (χ2n) is 5.72. The SMILES string of the molecule is CN(C(=O)NCC1(C)CCCO1)C1COCC1C(=O)O. The normalized spacial score (nSPS) is 33.1. The van der Waals surface area contributed by atoms with Gasteiger partial charge in [-0.05, 0) is 19.8 Å². The van der Waals surface area contributed by atoms with Crippen LogP contribution in [0.4, 0.5) is 4.79 Å². The smallest absolute Gasteiger partial charge is 0.317 e. The van der Waals surface area contributed by atoms with E-state index < -0.39 is 17.9 Å². The Hall–Kier alpha value is -1.34. The minimum atomic E-state index is -0.932. The standard InChI is InChI=1S/C13H22N2O5/c1-13(4-3-5-20-13)8-14-12(18)15(2)10-7-19-6-9(10)11(16)17/h9-10H,3-8H2,1-2H3,(H,14,18)(H,16,17). The van der Waals surface area contributed by atoms with E-state index in [1.54, 1.807) is 7.05 Å². The zero-order valence-corrected chi connectivity index (χ0v) is 11.9. The highest BCUT2D eigenvalue weighted by Gasteiger charge is 2.39. The first-order valence-corrected chi connectivity index (χ1v) is 6.88. The molecule has 2 heterocycles. The first-order valence-electron chi connectivity index (χ1n) is 6.88. The number of carbonyl (C=O) groups excluding carboxylic acids is 1. The molecule has 2 aliphatic rings. The van der Waals surface area contributed by atoms with Crippen molar-refractivity contribution in [3.05, 3.63) is 0 Å². The van der Waals surface area contributed by atoms with Crippen molar-refractivity contribution >= 4 is 12.0 Å². The van der Waals surface area contributed by atoms with Crippen molar-refractivity contribution in [1.82, 2.24) is 10.2 Å². The van der Waals surface area contributed by atoms with Crippen LogP contribution < -0.4 is 5.32 Å². The molecule has 2 rings (SSSR count). The Labute approximate surface area is 118 Å². The summed E-state index contributed by atoms with van der Waals surface area (Å²) in [6, 6.07) is -0.715. The number of ether oxygens (including phenoxy) is 2. The van der Waals surface area contributed by atoms with Crippen LogP contribution in [0.1, 0.15) is 19.8 Å². The molecule has 0 aromatic rings. The molecule has 2 saturated heterocycles. The lowest BCUT2D eigenvalue weighted by atomic mass is 10.0. The van der Waals surface area contributed by atoms with Crippen molar-refractivity contribution in [1.29, 1.82) is 0 Å². The number of carboxylic acid groups (broad SMARTS) is 1. The van der Waals surface area contributed by atoms with Crippen LogP contribution in [-0.2, 0) is 14.3 Å². The van der Waals surface area contributed by atoms with Gasteiger partial charge in [0.1, 0.15) is 5.92 Å². The van der Waals surface area contributed by atoms with E-state index in [1.165, 1.54) is 4.90 Å². The van der Waals surface area contributed by atoms with Gasteiger partial charge in [0, 0.05) is 20.2 Å². The highest BCUT2D eigenvalue weighted by atomic mass is 16.5. The zero-order valence-electron chi connectivity index (χ0n) is 11.9. The minimum absolute atomic E-state index is 0.151. The summed E-state index contributed by atoms with van der Waals surface area (Å²) in [6.45, 7) is 3.54. The average Bonchev–Trinajstić information content (AvgIpc) is 3.04. The molecule has 2 N–H and O–H groups in total. The van der Waals surface area contributed by atoms with Crippen molar-refractivity contribution < 1.29 is 24.2 Å². The Morgan fingerprint density at radius 1 is 1.45 bits per heavy atom. The van der Waals surface area contributed by atoms with Crippen molar-refractivity contribution in [3.63, 3.8) is 0 Å². The molecule has 3 atom stereocenters. The van der Waals surface area contributed by atoms with Crippen LogP contribution in [0.2, 0.25) is 0 Å². The fourth-order valence-corrected chi connectivity index (χ4v) is 2.67. The van der Waals surface area contributed by atoms with Crippen molar-refractivity contribution in [2.75, 3.05) is 33.4 Å². The summed E-state index contributed by atoms with van der Waals surface area (Å²) in [5.41, 5.74) is -0.311. The lowest BCUT2D eigenvalue weighted by molar-refractivity contribution is -0.142. The molecular weight excluding hydrogens is 264 g/mol. The fourth-order valence-electron chi connectivity index (χ4n) is 2.67. The fraction of sp³-hybridized carbons (Fsp3) is 0.846. The predicted octanol–water partition coefficient (Wildman–Crippen LogP) is 0.296. The Balaban J connectivity index is 1.86. The Morgan fingerprint density at radius 2 is 2.20 bits per heavy atom. The molecule has 3 unspecified atom stereocenters. The Morgan fingerprint density at radius 3 is 2.80 bits per heavy atom. The molecule has 7 nitrogen and oxygen atoms in total. The van der Waals surface area contributed by atoms with E-state index in [1.807, 2.05) is 6.92 Å². The summed E-state index contributed by atoms with van der Waals surface area (Å²) in [5.74, 6) is -1.60. The van der Waals surface area contributed by atoms with Gasteiger partial charge >= 0.3 is 12.0 Å². The van der Waals surface area contributed by atoms with Crippen molar-refractivity contribution in [2.45, 2.75) is 31.4 Å². The summed E-state index contributed by atoms with van der Waals surface area (Å²) in [6.07, 6.45) is 1.92. The topological polar surface area (TPSA) is 88.1 Å². The van der Waals surface area contributed by atoms with Gasteiger partial charge in [-0.2, -0.15) is 0 Å². The zero-order chi connectivity index (χ0) is 14.8. The minimum Gasteiger partial charge on any atom is -0.481 e. The van der Waals surface area contributed by atoms with Crippen LogP contribution in [0.25, 0.3) is 0 Å². The molecule has 0 saturated carbocycles. The third-order valence-electron chi connectivity index (χ3n) is 4.10. The maximum absolute atomic E-state index is 12.1. The predicted molar refractivity (Wildman–Crippen MR) is 70.5 cm³/mol. The van der Waals surface area contributed by atoms with E-state index >= 15 is 0 Å². The first kappa shape index (κ1) is 15.1. The number of carboxylic acids is 1. The van der Waals surface area contributed by atoms with E-state index in [0.717, 1.165) is 19.4 Å². The van der Waals surface area contributed by atoms with Gasteiger partial charge in [0.25, 0.3) is 0 Å². The maximum atomic E-state index is 12.1. The number of likely N-dealkylation sites (N-methyl/N-ethyl adjacent to an activating group) is 1. The number of amides is 2. The molecule has 2 amide bonds. The van der Waals surface area contributed by atoms with Crippen LogP contribution in [0.15, 0.2) is 0 Å². The quantitative estimate of drug-likeness (QED) is 0.776. The summed E-state index contributed by atoms with van der Waals surface area (Å²) < 4.78 is 10.8. The summed E-state index contributed by atoms with van der Waals surface area (Å²) in [5, 5.41) is 11.9. The van der Waals surface area contributed by atoms with E-state index in [4.69, 9.17) is 14.6 Å². The number of urea groups is 1. The van der Waals surface area contributed by atoms with Gasteiger partial charge in [0.05, 0.1) is 24.9 Å². The lowest BCUT2D eigenvalue weighted by Gasteiger charge is -2.29. The molecule has 0 aliphatic carbocycles. The number of nitrogens with zero attached hydrogens (tertiary/aromatic N) is 1. The van der Waals surface area contributed by atoms with Crippen molar-refractivity contribution in [3.8, 4) is 0 Å². The average molecular weight is 286 g/mol. The molecule has 2 aliphatic heterocycles. The van der Waals surface area contributed by atoms with Gasteiger partial charge in [0.15, 0.2) is 0 Å². The monoisotopic (exact) mass is 286 g/mol. The molecule has 114 valence electrons. The molecule has 0 bridgehead atoms. The second kappa shape index (κ2) is 5.97. The Bertz CT molecular complexity index is 381. The molecule has 0 radical (unpaired) electrons. The van der Waals surface area contributed by atoms with Crippen LogP contribution in [0, 0.1) is 5.92 Å². The molecule has 0 spiro atoms.